The van der Waals surface area contributed by atoms with Gasteiger partial charge in [0.05, 0.1) is 154 Å². The van der Waals surface area contributed by atoms with Crippen molar-refractivity contribution in [3.8, 4) is 6.07 Å². The Kier molecular flexibility index (Phi) is 47.6. The summed E-state index contributed by atoms with van der Waals surface area (Å²) in [6.07, 6.45) is 12.9. The van der Waals surface area contributed by atoms with Crippen LogP contribution in [0.4, 0.5) is 49.1 Å². The van der Waals surface area contributed by atoms with E-state index in [1.165, 1.54) is 54.8 Å². The van der Waals surface area contributed by atoms with Crippen LogP contribution in [0.3, 0.4) is 0 Å². The van der Waals surface area contributed by atoms with Crippen LogP contribution in [-0.2, 0) is 66.5 Å². The van der Waals surface area contributed by atoms with Gasteiger partial charge in [-0.25, -0.2) is 28.9 Å². The molecule has 2 aromatic heterocycles. The maximum atomic E-state index is 11.2. The van der Waals surface area contributed by atoms with Crippen molar-refractivity contribution in [2.45, 2.75) is 92.9 Å². The van der Waals surface area contributed by atoms with Crippen LogP contribution in [0, 0.1) is 58.7 Å². The van der Waals surface area contributed by atoms with Crippen molar-refractivity contribution in [3.63, 3.8) is 0 Å². The number of aliphatic carboxylic acids is 1. The third-order valence-electron chi connectivity index (χ3n) is 13.6. The topological polar surface area (TPSA) is 297 Å². The summed E-state index contributed by atoms with van der Waals surface area (Å²) in [5.74, 6) is -3.40. The molecule has 1 N–H and O–H groups in total. The molecule has 5 rings (SSSR count). The van der Waals surface area contributed by atoms with E-state index >= 15 is 0 Å². The van der Waals surface area contributed by atoms with E-state index in [9.17, 15) is 29.5 Å². The van der Waals surface area contributed by atoms with Crippen LogP contribution in [0.25, 0.3) is 14.5 Å². The SMILES string of the molecule is O=C1C=CC(=O)O1.[C-]#[N+]c1c(N=Nc2ccc(N(CCCCCC)CCOCCOCCOCCOCCOC(=O)/C=C\C(=O)[O-])cc2C)sc(C#N)c1C.[C-]#[N+]c1sc(N=Nc2ccc(N(CCCCCC)CCOCCOCCOCCOCCO)cc2C)c([N+]#[C-])c1C.[Na+]. The Labute approximate surface area is 599 Å². The summed E-state index contributed by atoms with van der Waals surface area (Å²) in [7, 11) is 0. The Morgan fingerprint density at radius 1 is 0.567 bits per heavy atom. The van der Waals surface area contributed by atoms with Crippen molar-refractivity contribution >= 4 is 95.7 Å². The van der Waals surface area contributed by atoms with E-state index in [0.717, 1.165) is 91.9 Å². The van der Waals surface area contributed by atoms with Crippen LogP contribution in [0.2, 0.25) is 0 Å². The molecular weight excluding hydrogens is 1300 g/mol. The van der Waals surface area contributed by atoms with E-state index in [1.54, 1.807) is 13.8 Å². The number of hydrogen-bond acceptors (Lipinski definition) is 25. The van der Waals surface area contributed by atoms with Gasteiger partial charge in [-0.3, -0.25) is 0 Å². The molecule has 0 saturated heterocycles. The number of aliphatic hydroxyl groups is 1. The summed E-state index contributed by atoms with van der Waals surface area (Å²) in [4.78, 5) is 57.0. The third kappa shape index (κ3) is 36.3. The molecule has 0 atom stereocenters. The second-order valence-corrected chi connectivity index (χ2v) is 22.8. The largest absolute Gasteiger partial charge is 1.00 e. The number of carboxylic acid groups (broad SMARTS) is 1. The summed E-state index contributed by atoms with van der Waals surface area (Å²) in [5.41, 5.74) is 7.67. The Bertz CT molecular complexity index is 3280. The fraction of sp³-hybridized carbons (Fsp3) is 0.529. The zero-order chi connectivity index (χ0) is 70.0. The second-order valence-electron chi connectivity index (χ2n) is 20.8. The Morgan fingerprint density at radius 2 is 0.979 bits per heavy atom. The smallest absolute Gasteiger partial charge is 0.545 e. The number of hydrogen-bond donors (Lipinski definition) is 1. The fourth-order valence-electron chi connectivity index (χ4n) is 8.50. The van der Waals surface area contributed by atoms with Crippen molar-refractivity contribution in [2.24, 2.45) is 20.5 Å². The van der Waals surface area contributed by atoms with Crippen LogP contribution >= 0.6 is 22.7 Å². The number of carbonyl (C=O) groups is 4. The van der Waals surface area contributed by atoms with E-state index < -0.39 is 23.9 Å². The number of ether oxygens (including phenoxy) is 10. The standard InChI is InChI=1S/C34H45N5O8S.C30H43N5O5S.C4H2O3.Na/c1-5-6-7-8-13-39(28-9-10-29(26(2)24-28)37-38-34-33(36-4)27(3)30(25-35)48-34)14-15-43-16-17-44-18-19-45-20-21-46-22-23-47-32(42)12-11-31(40)41;1-6-7-8-9-12-35(13-15-37-17-19-39-21-22-40-20-18-38-16-14-36)26-10-11-27(24(2)23-26)33-34-30-28(31-4)25(3)29(32-5)41-30;5-3-1-2-4(6)7-3;/h9-12,24H,5-8,13-23H2,1-3H3,(H,40,41);10-11,23,36H,6-9,12-22H2,1-3H3;1-2H;/q;;;+1/p-1/b12-11-,38-37?;;;. The predicted octanol–water partition coefficient (Wildman–Crippen LogP) is 9.46. The summed E-state index contributed by atoms with van der Waals surface area (Å²) in [6, 6.07) is 14.3. The van der Waals surface area contributed by atoms with E-state index in [2.05, 4.69) is 87.6 Å². The number of carboxylic acids is 1. The van der Waals surface area contributed by atoms with Gasteiger partial charge in [-0.1, -0.05) is 59.3 Å². The number of esters is 3. The van der Waals surface area contributed by atoms with E-state index in [0.29, 0.717) is 153 Å². The number of cyclic esters (lactones) is 2. The first-order valence-corrected chi connectivity index (χ1v) is 33.3. The summed E-state index contributed by atoms with van der Waals surface area (Å²) < 4.78 is 52.8. The third-order valence-corrected chi connectivity index (χ3v) is 15.7. The minimum Gasteiger partial charge on any atom is -0.545 e. The van der Waals surface area contributed by atoms with Crippen molar-refractivity contribution in [3.05, 3.63) is 122 Å². The summed E-state index contributed by atoms with van der Waals surface area (Å²) in [5, 5.41) is 47.0. The molecule has 2 aromatic carbocycles. The number of thiophene rings is 2. The number of nitriles is 1. The van der Waals surface area contributed by atoms with Gasteiger partial charge < -0.3 is 72.2 Å². The van der Waals surface area contributed by atoms with Gasteiger partial charge in [0.25, 0.3) is 0 Å². The number of aliphatic hydroxyl groups excluding tert-OH is 1. The molecule has 0 aliphatic carbocycles. The first-order chi connectivity index (χ1) is 46.6. The molecule has 1 aliphatic heterocycles. The van der Waals surface area contributed by atoms with E-state index in [-0.39, 0.29) is 49.4 Å². The van der Waals surface area contributed by atoms with Gasteiger partial charge in [-0.2, -0.15) is 25.7 Å². The molecule has 0 spiro atoms. The van der Waals surface area contributed by atoms with Gasteiger partial charge >= 0.3 is 47.5 Å². The molecule has 0 radical (unpaired) electrons. The van der Waals surface area contributed by atoms with Gasteiger partial charge in [-0.05, 0) is 98.3 Å². The first-order valence-electron chi connectivity index (χ1n) is 31.7. The first kappa shape index (κ1) is 85.9. The Morgan fingerprint density at radius 3 is 1.35 bits per heavy atom. The quantitative estimate of drug-likeness (QED) is 0.00818. The maximum Gasteiger partial charge on any atom is 1.00 e. The number of rotatable bonds is 47. The fourth-order valence-corrected chi connectivity index (χ4v) is 10.2. The maximum absolute atomic E-state index is 11.2. The molecule has 0 saturated carbocycles. The molecule has 0 unspecified atom stereocenters. The number of nitrogens with zero attached hydrogens (tertiary/aromatic N) is 10. The van der Waals surface area contributed by atoms with Crippen molar-refractivity contribution in [1.29, 1.82) is 5.26 Å². The number of unbranched alkanes of at least 4 members (excludes halogenated alkanes) is 6. The number of azo groups is 2. The van der Waals surface area contributed by atoms with Gasteiger partial charge in [0, 0.05) is 55.8 Å². The van der Waals surface area contributed by atoms with Crippen LogP contribution in [0.1, 0.15) is 92.3 Å². The molecule has 29 heteroatoms. The predicted molar refractivity (Wildman–Crippen MR) is 364 cm³/mol. The molecule has 1 aliphatic rings. The molecular formula is C68H89N10NaO16S2. The van der Waals surface area contributed by atoms with Crippen molar-refractivity contribution < 1.29 is 106 Å². The van der Waals surface area contributed by atoms with Crippen LogP contribution in [-0.4, -0.2) is 174 Å². The minimum absolute atomic E-state index is 0. The molecule has 4 aromatic rings. The monoisotopic (exact) mass is 1390 g/mol. The average molecular weight is 1390 g/mol. The molecule has 0 fully saturated rings. The van der Waals surface area contributed by atoms with Crippen LogP contribution in [0.15, 0.2) is 81.2 Å². The van der Waals surface area contributed by atoms with Crippen LogP contribution < -0.4 is 44.5 Å². The van der Waals surface area contributed by atoms with Gasteiger partial charge in [0.15, 0.2) is 0 Å². The molecule has 3 heterocycles. The van der Waals surface area contributed by atoms with Crippen molar-refractivity contribution in [1.82, 2.24) is 0 Å². The molecule has 26 nitrogen and oxygen atoms in total. The summed E-state index contributed by atoms with van der Waals surface area (Å²) in [6.45, 7) is 44.5. The van der Waals surface area contributed by atoms with Crippen molar-refractivity contribution in [2.75, 3.05) is 155 Å². The molecule has 0 amide bonds. The summed E-state index contributed by atoms with van der Waals surface area (Å²) >= 11 is 2.38. The zero-order valence-corrected chi connectivity index (χ0v) is 60.5. The van der Waals surface area contributed by atoms with Gasteiger partial charge in [-0.15, -0.1) is 22.7 Å². The number of anilines is 2. The van der Waals surface area contributed by atoms with E-state index in [1.807, 2.05) is 32.0 Å². The Hall–Kier alpha value is -7.20. The van der Waals surface area contributed by atoms with E-state index in [4.69, 9.17) is 67.5 Å². The molecule has 0 bridgehead atoms. The normalized spacial score (nSPS) is 11.5. The average Bonchev–Trinajstić information content (AvgIpc) is 1.76. The number of benzene rings is 2. The molecule has 97 heavy (non-hydrogen) atoms. The number of aryl methyl sites for hydroxylation is 2. The Balaban J connectivity index is 0.000000597. The van der Waals surface area contributed by atoms with Crippen LogP contribution in [0.5, 0.6) is 0 Å². The second kappa shape index (κ2) is 53.8. The minimum atomic E-state index is -1.47. The van der Waals surface area contributed by atoms with Gasteiger partial charge in [0.1, 0.15) is 22.7 Å². The van der Waals surface area contributed by atoms with Gasteiger partial charge in [0.2, 0.25) is 16.4 Å². The zero-order valence-electron chi connectivity index (χ0n) is 56.8. The number of carbonyl (C=O) groups excluding carboxylic acids is 4. The molecule has 520 valence electrons.